The second kappa shape index (κ2) is 3.99. The van der Waals surface area contributed by atoms with Gasteiger partial charge in [-0.1, -0.05) is 0 Å². The fraction of sp³-hybridized carbons (Fsp3) is 0.167. The van der Waals surface area contributed by atoms with Crippen molar-refractivity contribution in [3.63, 3.8) is 0 Å². The summed E-state index contributed by atoms with van der Waals surface area (Å²) in [4.78, 5) is 2.74. The Morgan fingerprint density at radius 3 is 2.40 bits per heavy atom. The van der Waals surface area contributed by atoms with Crippen LogP contribution in [0, 0.1) is 0 Å². The number of halogens is 3. The van der Waals surface area contributed by atoms with Gasteiger partial charge in [0.05, 0.1) is 0 Å². The van der Waals surface area contributed by atoms with Crippen molar-refractivity contribution in [3.8, 4) is 0 Å². The summed E-state index contributed by atoms with van der Waals surface area (Å²) >= 11 is 2.72. The summed E-state index contributed by atoms with van der Waals surface area (Å²) in [6.45, 7) is 0. The molecule has 0 saturated carbocycles. The van der Waals surface area contributed by atoms with Crippen LogP contribution in [-0.2, 0) is 10.0 Å². The molecule has 0 radical (unpaired) electrons. The first kappa shape index (κ1) is 12.3. The molecule has 0 aliphatic rings. The summed E-state index contributed by atoms with van der Waals surface area (Å²) < 4.78 is 46.7. The molecular formula is C6H6BrF2N3O2S. The lowest BCUT2D eigenvalue weighted by Gasteiger charge is -2.09. The Hall–Kier alpha value is -0.800. The van der Waals surface area contributed by atoms with E-state index in [1.54, 1.807) is 0 Å². The van der Waals surface area contributed by atoms with Crippen LogP contribution in [0.4, 0.5) is 14.6 Å². The Labute approximate surface area is 92.7 Å². The summed E-state index contributed by atoms with van der Waals surface area (Å²) in [5.41, 5.74) is 4.43. The molecule has 0 atom stereocenters. The molecule has 1 aromatic heterocycles. The SMILES string of the molecule is Nc1cc(C(F)F)c(S(N)(=O)=O)c(Br)n1. The van der Waals surface area contributed by atoms with Crippen molar-refractivity contribution >= 4 is 31.8 Å². The van der Waals surface area contributed by atoms with Crippen molar-refractivity contribution in [2.24, 2.45) is 5.14 Å². The summed E-state index contributed by atoms with van der Waals surface area (Å²) in [6.07, 6.45) is -3.00. The molecule has 9 heteroatoms. The molecule has 0 amide bonds. The Bertz CT molecular complexity index is 491. The van der Waals surface area contributed by atoms with Gasteiger partial charge in [-0.25, -0.2) is 27.3 Å². The number of alkyl halides is 2. The van der Waals surface area contributed by atoms with Gasteiger partial charge in [-0.2, -0.15) is 0 Å². The normalized spacial score (nSPS) is 12.1. The predicted octanol–water partition coefficient (Wildman–Crippen LogP) is 1.01. The molecule has 0 fully saturated rings. The molecule has 15 heavy (non-hydrogen) atoms. The van der Waals surface area contributed by atoms with Crippen molar-refractivity contribution < 1.29 is 17.2 Å². The van der Waals surface area contributed by atoms with E-state index in [1.807, 2.05) is 0 Å². The number of sulfonamides is 1. The largest absolute Gasteiger partial charge is 0.384 e. The highest BCUT2D eigenvalue weighted by molar-refractivity contribution is 9.10. The number of primary sulfonamides is 1. The molecule has 84 valence electrons. The summed E-state index contributed by atoms with van der Waals surface area (Å²) in [6, 6.07) is 0.773. The average molecular weight is 302 g/mol. The number of hydrogen-bond acceptors (Lipinski definition) is 4. The molecule has 1 heterocycles. The number of nitrogens with two attached hydrogens (primary N) is 2. The van der Waals surface area contributed by atoms with Gasteiger partial charge in [-0.3, -0.25) is 0 Å². The van der Waals surface area contributed by atoms with Gasteiger partial charge in [0.15, 0.2) is 0 Å². The highest BCUT2D eigenvalue weighted by Crippen LogP contribution is 2.31. The van der Waals surface area contributed by atoms with Gasteiger partial charge < -0.3 is 5.73 Å². The van der Waals surface area contributed by atoms with E-state index in [1.165, 1.54) is 0 Å². The molecule has 0 aromatic carbocycles. The van der Waals surface area contributed by atoms with Crippen LogP contribution in [0.1, 0.15) is 12.0 Å². The number of anilines is 1. The first-order valence-electron chi connectivity index (χ1n) is 3.50. The van der Waals surface area contributed by atoms with E-state index >= 15 is 0 Å². The maximum absolute atomic E-state index is 12.5. The Morgan fingerprint density at radius 1 is 1.47 bits per heavy atom. The van der Waals surface area contributed by atoms with E-state index in [0.29, 0.717) is 0 Å². The molecule has 1 rings (SSSR count). The lowest BCUT2D eigenvalue weighted by Crippen LogP contribution is -2.17. The van der Waals surface area contributed by atoms with Gasteiger partial charge in [0, 0.05) is 5.56 Å². The zero-order valence-corrected chi connectivity index (χ0v) is 9.52. The Kier molecular flexibility index (Phi) is 3.26. The van der Waals surface area contributed by atoms with Crippen molar-refractivity contribution in [2.45, 2.75) is 11.3 Å². The van der Waals surface area contributed by atoms with Crippen molar-refractivity contribution in [2.75, 3.05) is 5.73 Å². The fourth-order valence-corrected chi connectivity index (χ4v) is 2.85. The van der Waals surface area contributed by atoms with Crippen LogP contribution in [0.5, 0.6) is 0 Å². The van der Waals surface area contributed by atoms with Gasteiger partial charge in [-0.05, 0) is 22.0 Å². The van der Waals surface area contributed by atoms with E-state index in [-0.39, 0.29) is 10.4 Å². The molecular weight excluding hydrogens is 296 g/mol. The predicted molar refractivity (Wildman–Crippen MR) is 52.7 cm³/mol. The molecule has 0 aliphatic heterocycles. The van der Waals surface area contributed by atoms with Crippen LogP contribution in [-0.4, -0.2) is 13.4 Å². The maximum Gasteiger partial charge on any atom is 0.265 e. The van der Waals surface area contributed by atoms with E-state index in [9.17, 15) is 17.2 Å². The van der Waals surface area contributed by atoms with E-state index in [4.69, 9.17) is 10.9 Å². The molecule has 5 nitrogen and oxygen atoms in total. The first-order chi connectivity index (χ1) is 6.73. The van der Waals surface area contributed by atoms with Gasteiger partial charge in [0.25, 0.3) is 6.43 Å². The standard InChI is InChI=1S/C6H6BrF2N3O2S/c7-5-4(15(11,13)14)2(6(8)9)1-3(10)12-5/h1,6H,(H2,10,12)(H2,11,13,14). The number of nitrogen functional groups attached to an aromatic ring is 1. The second-order valence-electron chi connectivity index (χ2n) is 2.60. The molecule has 4 N–H and O–H groups in total. The Morgan fingerprint density at radius 2 is 2.00 bits per heavy atom. The zero-order valence-electron chi connectivity index (χ0n) is 7.12. The number of nitrogens with zero attached hydrogens (tertiary/aromatic N) is 1. The van der Waals surface area contributed by atoms with Crippen LogP contribution >= 0.6 is 15.9 Å². The minimum absolute atomic E-state index is 0.218. The molecule has 0 bridgehead atoms. The minimum atomic E-state index is -4.27. The number of rotatable bonds is 2. The maximum atomic E-state index is 12.5. The van der Waals surface area contributed by atoms with Gasteiger partial charge in [-0.15, -0.1) is 0 Å². The third-order valence-electron chi connectivity index (χ3n) is 1.50. The lowest BCUT2D eigenvalue weighted by atomic mass is 10.3. The lowest BCUT2D eigenvalue weighted by molar-refractivity contribution is 0.147. The van der Waals surface area contributed by atoms with Gasteiger partial charge in [0.2, 0.25) is 10.0 Å². The highest BCUT2D eigenvalue weighted by atomic mass is 79.9. The summed E-state index contributed by atoms with van der Waals surface area (Å²) in [7, 11) is -4.27. The molecule has 0 spiro atoms. The molecule has 0 unspecified atom stereocenters. The summed E-state index contributed by atoms with van der Waals surface area (Å²) in [5, 5.41) is 4.77. The molecule has 0 saturated heterocycles. The van der Waals surface area contributed by atoms with Crippen LogP contribution in [0.2, 0.25) is 0 Å². The zero-order chi connectivity index (χ0) is 11.8. The Balaban J connectivity index is 3.62. The smallest absolute Gasteiger partial charge is 0.265 e. The quantitative estimate of drug-likeness (QED) is 0.796. The minimum Gasteiger partial charge on any atom is -0.384 e. The van der Waals surface area contributed by atoms with Crippen LogP contribution in [0.25, 0.3) is 0 Å². The number of aromatic nitrogens is 1. The van der Waals surface area contributed by atoms with Gasteiger partial charge in [0.1, 0.15) is 15.3 Å². The summed E-state index contributed by atoms with van der Waals surface area (Å²) in [5.74, 6) is -0.218. The average Bonchev–Trinajstić information content (AvgIpc) is 1.99. The fourth-order valence-electron chi connectivity index (χ4n) is 0.984. The van der Waals surface area contributed by atoms with E-state index < -0.39 is 26.9 Å². The topological polar surface area (TPSA) is 99.1 Å². The number of hydrogen-bond donors (Lipinski definition) is 2. The highest BCUT2D eigenvalue weighted by Gasteiger charge is 2.25. The first-order valence-corrected chi connectivity index (χ1v) is 5.84. The van der Waals surface area contributed by atoms with Gasteiger partial charge >= 0.3 is 0 Å². The van der Waals surface area contributed by atoms with Crippen molar-refractivity contribution in [1.29, 1.82) is 0 Å². The third kappa shape index (κ3) is 2.61. The van der Waals surface area contributed by atoms with Crippen LogP contribution in [0.15, 0.2) is 15.6 Å². The van der Waals surface area contributed by atoms with Crippen LogP contribution < -0.4 is 10.9 Å². The monoisotopic (exact) mass is 301 g/mol. The van der Waals surface area contributed by atoms with Crippen molar-refractivity contribution in [1.82, 2.24) is 4.98 Å². The number of pyridine rings is 1. The second-order valence-corrected chi connectivity index (χ2v) is 4.85. The third-order valence-corrected chi connectivity index (χ3v) is 3.33. The molecule has 1 aromatic rings. The van der Waals surface area contributed by atoms with E-state index in [2.05, 4.69) is 20.9 Å². The van der Waals surface area contributed by atoms with E-state index in [0.717, 1.165) is 6.07 Å². The molecule has 0 aliphatic carbocycles. The van der Waals surface area contributed by atoms with Crippen LogP contribution in [0.3, 0.4) is 0 Å². The van der Waals surface area contributed by atoms with Crippen molar-refractivity contribution in [3.05, 3.63) is 16.2 Å².